The summed E-state index contributed by atoms with van der Waals surface area (Å²) in [6.45, 7) is 4.37. The molecular weight excluding hydrogens is 696 g/mol. The molecule has 0 saturated heterocycles. The number of halogens is 1. The Kier molecular flexibility index (Phi) is 11.6. The van der Waals surface area contributed by atoms with Crippen LogP contribution in [0, 0.1) is 0 Å². The summed E-state index contributed by atoms with van der Waals surface area (Å²) < 4.78 is 6.34. The Balaban J connectivity index is 1.19. The summed E-state index contributed by atoms with van der Waals surface area (Å²) in [6.07, 6.45) is 1.62. The van der Waals surface area contributed by atoms with Crippen molar-refractivity contribution in [3.05, 3.63) is 130 Å². The number of ether oxygens (including phenoxy) is 1. The molecule has 0 spiro atoms. The van der Waals surface area contributed by atoms with E-state index in [0.717, 1.165) is 31.9 Å². The van der Waals surface area contributed by atoms with Crippen LogP contribution in [0.25, 0.3) is 17.3 Å². The topological polar surface area (TPSA) is 109 Å². The van der Waals surface area contributed by atoms with Crippen molar-refractivity contribution in [3.8, 4) is 17.0 Å². The summed E-state index contributed by atoms with van der Waals surface area (Å²) >= 11 is 6.20. The lowest BCUT2D eigenvalue weighted by molar-refractivity contribution is -0.115. The van der Waals surface area contributed by atoms with Crippen molar-refractivity contribution >= 4 is 73.6 Å². The Labute approximate surface area is 289 Å². The van der Waals surface area contributed by atoms with Crippen LogP contribution in [0.1, 0.15) is 29.8 Å². The van der Waals surface area contributed by atoms with Gasteiger partial charge in [0.05, 0.1) is 17.6 Å². The summed E-state index contributed by atoms with van der Waals surface area (Å²) in [5.74, 6) is -0.246. The van der Waals surface area contributed by atoms with Gasteiger partial charge in [-0.3, -0.25) is 14.4 Å². The number of hydrogen-bond acceptors (Lipinski definition) is 7. The maximum atomic E-state index is 13.4. The molecule has 0 aliphatic carbocycles. The number of nitrogens with one attached hydrogen (secondary N) is 3. The molecule has 0 radical (unpaired) electrons. The largest absolute Gasteiger partial charge is 0.494 e. The first kappa shape index (κ1) is 33.6. The van der Waals surface area contributed by atoms with Gasteiger partial charge < -0.3 is 20.7 Å². The van der Waals surface area contributed by atoms with Gasteiger partial charge in [-0.05, 0) is 98.3 Å². The minimum Gasteiger partial charge on any atom is -0.494 e. The van der Waals surface area contributed by atoms with E-state index in [2.05, 4.69) is 36.9 Å². The number of thiazole rings is 1. The van der Waals surface area contributed by atoms with Crippen molar-refractivity contribution in [1.29, 1.82) is 0 Å². The van der Waals surface area contributed by atoms with Gasteiger partial charge in [0, 0.05) is 31.6 Å². The maximum Gasteiger partial charge on any atom is 0.272 e. The molecule has 0 saturated carbocycles. The molecule has 4 aromatic carbocycles. The predicted molar refractivity (Wildman–Crippen MR) is 194 cm³/mol. The summed E-state index contributed by atoms with van der Waals surface area (Å²) in [7, 11) is 0. The smallest absolute Gasteiger partial charge is 0.272 e. The molecule has 0 aliphatic rings. The fourth-order valence-electron chi connectivity index (χ4n) is 4.34. The molecule has 1 unspecified atom stereocenters. The Hall–Kier alpha value is -4.71. The number of hydrogen-bond donors (Lipinski definition) is 3. The number of nitrogens with zero attached hydrogens (tertiary/aromatic N) is 1. The summed E-state index contributed by atoms with van der Waals surface area (Å²) in [5, 5.41) is 10.5. The lowest BCUT2D eigenvalue weighted by Crippen LogP contribution is -2.30. The molecule has 1 aromatic heterocycles. The van der Waals surface area contributed by atoms with Gasteiger partial charge in [-0.15, -0.1) is 23.1 Å². The number of anilines is 2. The average Bonchev–Trinajstić information content (AvgIpc) is 3.54. The highest BCUT2D eigenvalue weighted by Gasteiger charge is 2.18. The minimum absolute atomic E-state index is 0.0913. The lowest BCUT2D eigenvalue weighted by atomic mass is 10.1. The van der Waals surface area contributed by atoms with Crippen molar-refractivity contribution in [2.75, 3.05) is 17.2 Å². The molecule has 0 bridgehead atoms. The van der Waals surface area contributed by atoms with Gasteiger partial charge in [-0.1, -0.05) is 46.3 Å². The van der Waals surface area contributed by atoms with Crippen molar-refractivity contribution in [2.24, 2.45) is 0 Å². The third-order valence-corrected chi connectivity index (χ3v) is 9.04. The van der Waals surface area contributed by atoms with Crippen LogP contribution in [0.15, 0.2) is 124 Å². The number of thioether (sulfide) groups is 1. The van der Waals surface area contributed by atoms with E-state index in [1.54, 1.807) is 42.5 Å². The first-order valence-corrected chi connectivity index (χ1v) is 17.2. The molecule has 5 aromatic rings. The molecule has 11 heteroatoms. The zero-order valence-electron chi connectivity index (χ0n) is 25.5. The van der Waals surface area contributed by atoms with Gasteiger partial charge >= 0.3 is 0 Å². The van der Waals surface area contributed by atoms with Crippen LogP contribution < -0.4 is 20.7 Å². The van der Waals surface area contributed by atoms with E-state index < -0.39 is 17.1 Å². The number of carbonyl (C=O) groups excluding carboxylic acids is 3. The molecule has 0 aliphatic heterocycles. The van der Waals surface area contributed by atoms with E-state index in [0.29, 0.717) is 23.0 Å². The quantitative estimate of drug-likeness (QED) is 0.0879. The van der Waals surface area contributed by atoms with Crippen LogP contribution in [-0.2, 0) is 9.59 Å². The molecule has 1 atom stereocenters. The number of carbonyl (C=O) groups is 3. The highest BCUT2D eigenvalue weighted by atomic mass is 79.9. The van der Waals surface area contributed by atoms with Crippen molar-refractivity contribution in [1.82, 2.24) is 10.3 Å². The molecule has 0 fully saturated rings. The summed E-state index contributed by atoms with van der Waals surface area (Å²) in [5.41, 5.74) is 3.52. The summed E-state index contributed by atoms with van der Waals surface area (Å²) in [6, 6.07) is 31.0. The van der Waals surface area contributed by atoms with Crippen LogP contribution >= 0.6 is 39.0 Å². The average molecular weight is 728 g/mol. The first-order chi connectivity index (χ1) is 22.8. The molecule has 8 nitrogen and oxygen atoms in total. The van der Waals surface area contributed by atoms with Crippen LogP contribution in [0.5, 0.6) is 5.75 Å². The molecule has 1 heterocycles. The van der Waals surface area contributed by atoms with E-state index in [1.807, 2.05) is 86.0 Å². The molecule has 47 heavy (non-hydrogen) atoms. The Morgan fingerprint density at radius 2 is 1.68 bits per heavy atom. The van der Waals surface area contributed by atoms with Crippen LogP contribution in [-0.4, -0.2) is 34.6 Å². The number of aromatic nitrogens is 1. The van der Waals surface area contributed by atoms with E-state index in [9.17, 15) is 14.4 Å². The fraction of sp³-hybridized carbons (Fsp3) is 0.111. The van der Waals surface area contributed by atoms with Gasteiger partial charge in [0.25, 0.3) is 11.8 Å². The van der Waals surface area contributed by atoms with E-state index >= 15 is 0 Å². The van der Waals surface area contributed by atoms with E-state index in [1.165, 1.54) is 23.1 Å². The van der Waals surface area contributed by atoms with Gasteiger partial charge in [-0.25, -0.2) is 4.98 Å². The lowest BCUT2D eigenvalue weighted by Gasteiger charge is -2.13. The Morgan fingerprint density at radius 3 is 2.38 bits per heavy atom. The molecule has 238 valence electrons. The van der Waals surface area contributed by atoms with Crippen LogP contribution in [0.3, 0.4) is 0 Å². The zero-order valence-corrected chi connectivity index (χ0v) is 28.7. The van der Waals surface area contributed by atoms with Crippen molar-refractivity contribution < 1.29 is 19.1 Å². The molecule has 3 amide bonds. The Bertz CT molecular complexity index is 1880. The molecule has 3 N–H and O–H groups in total. The standard InChI is InChI=1S/C36H31BrN4O4S2/c1-3-45-29-16-12-25(13-17-29)32-22-46-36(40-32)41-33(42)23(2)47-30-18-14-28(15-19-30)38-35(44)31(21-24-8-7-11-27(37)20-24)39-34(43)26-9-5-4-6-10-26/h4-23H,3H2,1-2H3,(H,38,44)(H,39,43)(H,40,41,42)/b31-21-. The SMILES string of the molecule is CCOc1ccc(-c2csc(NC(=O)C(C)Sc3ccc(NC(=O)/C(=C/c4cccc(Br)c4)NC(=O)c4ccccc4)cc3)n2)cc1. The number of rotatable bonds is 12. The maximum absolute atomic E-state index is 13.4. The van der Waals surface area contributed by atoms with Crippen molar-refractivity contribution in [2.45, 2.75) is 24.0 Å². The van der Waals surface area contributed by atoms with E-state index in [-0.39, 0.29) is 11.6 Å². The summed E-state index contributed by atoms with van der Waals surface area (Å²) in [4.78, 5) is 44.6. The Morgan fingerprint density at radius 1 is 0.936 bits per heavy atom. The van der Waals surface area contributed by atoms with Gasteiger partial charge in [0.15, 0.2) is 5.13 Å². The van der Waals surface area contributed by atoms with Gasteiger partial charge in [0.1, 0.15) is 11.4 Å². The third-order valence-electron chi connectivity index (χ3n) is 6.68. The van der Waals surface area contributed by atoms with Crippen molar-refractivity contribution in [3.63, 3.8) is 0 Å². The fourth-order valence-corrected chi connectivity index (χ4v) is 6.34. The van der Waals surface area contributed by atoms with Crippen LogP contribution in [0.4, 0.5) is 10.8 Å². The molecule has 5 rings (SSSR count). The zero-order chi connectivity index (χ0) is 33.2. The first-order valence-electron chi connectivity index (χ1n) is 14.7. The number of amides is 3. The van der Waals surface area contributed by atoms with Gasteiger partial charge in [0.2, 0.25) is 5.91 Å². The normalized spacial score (nSPS) is 11.8. The molecular formula is C36H31BrN4O4S2. The monoisotopic (exact) mass is 726 g/mol. The van der Waals surface area contributed by atoms with E-state index in [4.69, 9.17) is 4.74 Å². The second kappa shape index (κ2) is 16.2. The minimum atomic E-state index is -0.476. The number of benzene rings is 4. The highest BCUT2D eigenvalue weighted by Crippen LogP contribution is 2.29. The predicted octanol–water partition coefficient (Wildman–Crippen LogP) is 8.50. The second-order valence-corrected chi connectivity index (χ2v) is 13.3. The highest BCUT2D eigenvalue weighted by molar-refractivity contribution is 9.10. The van der Waals surface area contributed by atoms with Crippen LogP contribution in [0.2, 0.25) is 0 Å². The van der Waals surface area contributed by atoms with Gasteiger partial charge in [-0.2, -0.15) is 0 Å². The third kappa shape index (κ3) is 9.65. The second-order valence-electron chi connectivity index (χ2n) is 10.2.